The standard InChI is InChI=1S/C20H16ClN5O5S/c1-31-14-5-2-12(3-6-14)25-10-11(8-17(25)27)19-23-24-20(32-19)22-18(28)15-7-4-13(26(29)30)9-16(15)21/h2-7,9,11H,8,10H2,1H3,(H,22,24,28). The van der Waals surface area contributed by atoms with Crippen LogP contribution >= 0.6 is 22.9 Å². The molecule has 32 heavy (non-hydrogen) atoms. The van der Waals surface area contributed by atoms with Gasteiger partial charge in [-0.15, -0.1) is 10.2 Å². The van der Waals surface area contributed by atoms with Crippen molar-refractivity contribution in [2.45, 2.75) is 12.3 Å². The van der Waals surface area contributed by atoms with Crippen molar-refractivity contribution in [1.29, 1.82) is 0 Å². The summed E-state index contributed by atoms with van der Waals surface area (Å²) in [6.45, 7) is 0.446. The lowest BCUT2D eigenvalue weighted by atomic mass is 10.1. The van der Waals surface area contributed by atoms with Crippen molar-refractivity contribution in [2.75, 3.05) is 23.9 Å². The van der Waals surface area contributed by atoms with Gasteiger partial charge in [0.2, 0.25) is 11.0 Å². The maximum Gasteiger partial charge on any atom is 0.270 e. The third-order valence-corrected chi connectivity index (χ3v) is 6.24. The number of nitro benzene ring substituents is 1. The van der Waals surface area contributed by atoms with E-state index in [1.807, 2.05) is 12.1 Å². The van der Waals surface area contributed by atoms with E-state index in [0.29, 0.717) is 17.3 Å². The number of non-ortho nitro benzene ring substituents is 1. The molecule has 0 spiro atoms. The molecule has 2 heterocycles. The number of rotatable bonds is 6. The van der Waals surface area contributed by atoms with Crippen LogP contribution in [0.15, 0.2) is 42.5 Å². The normalized spacial score (nSPS) is 15.6. The Labute approximate surface area is 190 Å². The summed E-state index contributed by atoms with van der Waals surface area (Å²) in [5.74, 6) is -0.0427. The van der Waals surface area contributed by atoms with Crippen molar-refractivity contribution in [1.82, 2.24) is 10.2 Å². The van der Waals surface area contributed by atoms with Crippen molar-refractivity contribution in [3.05, 3.63) is 68.2 Å². The van der Waals surface area contributed by atoms with E-state index < -0.39 is 10.8 Å². The van der Waals surface area contributed by atoms with Crippen LogP contribution in [-0.2, 0) is 4.79 Å². The quantitative estimate of drug-likeness (QED) is 0.425. The highest BCUT2D eigenvalue weighted by Gasteiger charge is 2.34. The molecular weight excluding hydrogens is 458 g/mol. The van der Waals surface area contributed by atoms with Crippen molar-refractivity contribution < 1.29 is 19.2 Å². The molecule has 0 radical (unpaired) electrons. The van der Waals surface area contributed by atoms with Crippen LogP contribution in [0.1, 0.15) is 27.7 Å². The number of carbonyl (C=O) groups excluding carboxylic acids is 2. The molecule has 1 aliphatic heterocycles. The predicted octanol–water partition coefficient (Wildman–Crippen LogP) is 3.88. The first-order valence-electron chi connectivity index (χ1n) is 9.39. The van der Waals surface area contributed by atoms with Crippen molar-refractivity contribution in [3.8, 4) is 5.75 Å². The van der Waals surface area contributed by atoms with Gasteiger partial charge in [-0.25, -0.2) is 0 Å². The topological polar surface area (TPSA) is 128 Å². The van der Waals surface area contributed by atoms with Crippen molar-refractivity contribution in [3.63, 3.8) is 0 Å². The molecule has 1 unspecified atom stereocenters. The monoisotopic (exact) mass is 473 g/mol. The second kappa shape index (κ2) is 8.89. The van der Waals surface area contributed by atoms with E-state index in [1.54, 1.807) is 24.1 Å². The number of amides is 2. The highest BCUT2D eigenvalue weighted by molar-refractivity contribution is 7.15. The number of hydrogen-bond acceptors (Lipinski definition) is 8. The number of carbonyl (C=O) groups is 2. The Balaban J connectivity index is 1.44. The summed E-state index contributed by atoms with van der Waals surface area (Å²) in [6, 6.07) is 10.8. The van der Waals surface area contributed by atoms with Gasteiger partial charge in [0.25, 0.3) is 11.6 Å². The molecule has 1 fully saturated rings. The molecule has 12 heteroatoms. The molecule has 164 valence electrons. The zero-order chi connectivity index (χ0) is 22.8. The zero-order valence-corrected chi connectivity index (χ0v) is 18.2. The summed E-state index contributed by atoms with van der Waals surface area (Å²) in [7, 11) is 1.58. The van der Waals surface area contributed by atoms with Gasteiger partial charge in [0.05, 0.1) is 22.6 Å². The van der Waals surface area contributed by atoms with Gasteiger partial charge < -0.3 is 9.64 Å². The maximum atomic E-state index is 12.5. The number of ether oxygens (including phenoxy) is 1. The van der Waals surface area contributed by atoms with Crippen molar-refractivity contribution in [2.24, 2.45) is 0 Å². The molecular formula is C20H16ClN5O5S. The van der Waals surface area contributed by atoms with Gasteiger partial charge in [-0.1, -0.05) is 22.9 Å². The first-order valence-corrected chi connectivity index (χ1v) is 10.6. The Morgan fingerprint density at radius 2 is 2.03 bits per heavy atom. The van der Waals surface area contributed by atoms with Crippen LogP contribution in [0.25, 0.3) is 0 Å². The molecule has 1 atom stereocenters. The maximum absolute atomic E-state index is 12.5. The Bertz CT molecular complexity index is 1200. The lowest BCUT2D eigenvalue weighted by Gasteiger charge is -2.16. The molecule has 1 saturated heterocycles. The third kappa shape index (κ3) is 4.39. The molecule has 0 bridgehead atoms. The summed E-state index contributed by atoms with van der Waals surface area (Å²) in [4.78, 5) is 36.9. The van der Waals surface area contributed by atoms with Gasteiger partial charge in [-0.2, -0.15) is 0 Å². The van der Waals surface area contributed by atoms with Crippen LogP contribution in [-0.4, -0.2) is 40.6 Å². The van der Waals surface area contributed by atoms with E-state index in [-0.39, 0.29) is 39.7 Å². The van der Waals surface area contributed by atoms with Crippen LogP contribution in [0.2, 0.25) is 5.02 Å². The SMILES string of the molecule is COc1ccc(N2CC(c3nnc(NC(=O)c4ccc([N+](=O)[O-])cc4Cl)s3)CC2=O)cc1. The van der Waals surface area contributed by atoms with E-state index in [9.17, 15) is 19.7 Å². The fraction of sp³-hybridized carbons (Fsp3) is 0.200. The first-order chi connectivity index (χ1) is 15.4. The minimum Gasteiger partial charge on any atom is -0.497 e. The molecule has 2 amide bonds. The van der Waals surface area contributed by atoms with Gasteiger partial charge >= 0.3 is 0 Å². The second-order valence-electron chi connectivity index (χ2n) is 6.92. The molecule has 0 aliphatic carbocycles. The first kappa shape index (κ1) is 21.7. The molecule has 0 saturated carbocycles. The largest absolute Gasteiger partial charge is 0.497 e. The van der Waals surface area contributed by atoms with Crippen LogP contribution in [0.3, 0.4) is 0 Å². The predicted molar refractivity (Wildman–Crippen MR) is 119 cm³/mol. The van der Waals surface area contributed by atoms with E-state index >= 15 is 0 Å². The highest BCUT2D eigenvalue weighted by Crippen LogP contribution is 2.35. The summed E-state index contributed by atoms with van der Waals surface area (Å²) >= 11 is 7.17. The molecule has 3 aromatic rings. The van der Waals surface area contributed by atoms with E-state index in [1.165, 1.54) is 23.5 Å². The average Bonchev–Trinajstić information content (AvgIpc) is 3.40. The number of halogens is 1. The van der Waals surface area contributed by atoms with Gasteiger partial charge in [0.15, 0.2) is 0 Å². The number of methoxy groups -OCH3 is 1. The molecule has 2 aromatic carbocycles. The molecule has 10 nitrogen and oxygen atoms in total. The lowest BCUT2D eigenvalue weighted by Crippen LogP contribution is -2.24. The Morgan fingerprint density at radius 3 is 2.69 bits per heavy atom. The lowest BCUT2D eigenvalue weighted by molar-refractivity contribution is -0.384. The Hall–Kier alpha value is -3.57. The summed E-state index contributed by atoms with van der Waals surface area (Å²) < 4.78 is 5.15. The number of nitro groups is 1. The highest BCUT2D eigenvalue weighted by atomic mass is 35.5. The number of aromatic nitrogens is 2. The number of anilines is 2. The molecule has 4 rings (SSSR count). The van der Waals surface area contributed by atoms with E-state index in [2.05, 4.69) is 15.5 Å². The summed E-state index contributed by atoms with van der Waals surface area (Å²) in [6.07, 6.45) is 0.281. The summed E-state index contributed by atoms with van der Waals surface area (Å²) in [5, 5.41) is 22.4. The van der Waals surface area contributed by atoms with Gasteiger partial charge in [0, 0.05) is 36.7 Å². The van der Waals surface area contributed by atoms with E-state index in [4.69, 9.17) is 16.3 Å². The second-order valence-corrected chi connectivity index (χ2v) is 8.34. The van der Waals surface area contributed by atoms with Crippen LogP contribution in [0.5, 0.6) is 5.75 Å². The zero-order valence-electron chi connectivity index (χ0n) is 16.6. The smallest absolute Gasteiger partial charge is 0.270 e. The number of benzene rings is 2. The van der Waals surface area contributed by atoms with Gasteiger partial charge in [-0.3, -0.25) is 25.0 Å². The average molecular weight is 474 g/mol. The Morgan fingerprint density at radius 1 is 1.28 bits per heavy atom. The van der Waals surface area contributed by atoms with Crippen LogP contribution < -0.4 is 15.0 Å². The molecule has 1 aromatic heterocycles. The molecule has 1 aliphatic rings. The Kier molecular flexibility index (Phi) is 6.01. The number of nitrogens with zero attached hydrogens (tertiary/aromatic N) is 4. The van der Waals surface area contributed by atoms with E-state index in [0.717, 1.165) is 11.8 Å². The van der Waals surface area contributed by atoms with Crippen LogP contribution in [0.4, 0.5) is 16.5 Å². The van der Waals surface area contributed by atoms with Crippen molar-refractivity contribution >= 4 is 51.3 Å². The number of hydrogen-bond donors (Lipinski definition) is 1. The van der Waals surface area contributed by atoms with Gasteiger partial charge in [0.1, 0.15) is 10.8 Å². The fourth-order valence-electron chi connectivity index (χ4n) is 3.30. The fourth-order valence-corrected chi connectivity index (χ4v) is 4.39. The third-order valence-electron chi connectivity index (χ3n) is 4.93. The minimum absolute atomic E-state index is 0.0291. The summed E-state index contributed by atoms with van der Waals surface area (Å²) in [5.41, 5.74) is 0.636. The minimum atomic E-state index is -0.595. The molecule has 1 N–H and O–H groups in total. The number of nitrogens with one attached hydrogen (secondary N) is 1. The van der Waals surface area contributed by atoms with Gasteiger partial charge in [-0.05, 0) is 30.3 Å². The van der Waals surface area contributed by atoms with Crippen LogP contribution in [0, 0.1) is 10.1 Å².